The average Bonchev–Trinajstić information content (AvgIpc) is 2.63. The third-order valence-electron chi connectivity index (χ3n) is 3.36. The topological polar surface area (TPSA) is 93.8 Å². The predicted octanol–water partition coefficient (Wildman–Crippen LogP) is 3.43. The van der Waals surface area contributed by atoms with Crippen LogP contribution in [-0.4, -0.2) is 23.1 Å². The summed E-state index contributed by atoms with van der Waals surface area (Å²) in [4.78, 5) is 22.3. The van der Waals surface area contributed by atoms with Crippen LogP contribution >= 0.6 is 0 Å². The number of rotatable bonds is 8. The van der Waals surface area contributed by atoms with Crippen LogP contribution in [-0.2, 0) is 4.79 Å². The Hall–Kier alpha value is -3.29. The zero-order chi connectivity index (χ0) is 18.9. The molecule has 0 spiro atoms. The van der Waals surface area contributed by atoms with E-state index in [2.05, 4.69) is 10.5 Å². The van der Waals surface area contributed by atoms with E-state index in [4.69, 9.17) is 4.74 Å². The number of ether oxygens (including phenoxy) is 1. The number of nitro groups is 1. The number of amides is 1. The van der Waals surface area contributed by atoms with E-state index < -0.39 is 16.6 Å². The molecule has 2 rings (SSSR count). The van der Waals surface area contributed by atoms with Crippen molar-refractivity contribution in [2.24, 2.45) is 5.10 Å². The molecule has 0 aliphatic carbocycles. The molecule has 0 bridgehead atoms. The van der Waals surface area contributed by atoms with E-state index >= 15 is 0 Å². The predicted molar refractivity (Wildman–Crippen MR) is 94.6 cm³/mol. The van der Waals surface area contributed by atoms with Crippen LogP contribution in [0.15, 0.2) is 53.6 Å². The maximum Gasteiger partial charge on any atom is 0.277 e. The Morgan fingerprint density at radius 2 is 2.04 bits per heavy atom. The smallest absolute Gasteiger partial charge is 0.277 e. The highest BCUT2D eigenvalue weighted by Gasteiger charge is 2.11. The maximum atomic E-state index is 13.1. The van der Waals surface area contributed by atoms with Crippen LogP contribution in [0.1, 0.15) is 25.3 Å². The van der Waals surface area contributed by atoms with Crippen molar-refractivity contribution < 1.29 is 18.8 Å². The van der Waals surface area contributed by atoms with Gasteiger partial charge in [0.1, 0.15) is 11.6 Å². The van der Waals surface area contributed by atoms with Crippen molar-refractivity contribution in [3.05, 3.63) is 70.0 Å². The van der Waals surface area contributed by atoms with Crippen molar-refractivity contribution in [3.8, 4) is 5.75 Å². The van der Waals surface area contributed by atoms with Gasteiger partial charge in [0.15, 0.2) is 6.61 Å². The first-order chi connectivity index (χ1) is 12.5. The maximum absolute atomic E-state index is 13.1. The second-order valence-corrected chi connectivity index (χ2v) is 5.40. The molecule has 8 heteroatoms. The van der Waals surface area contributed by atoms with Gasteiger partial charge in [-0.05, 0) is 18.6 Å². The van der Waals surface area contributed by atoms with Crippen molar-refractivity contribution in [1.29, 1.82) is 0 Å². The molecule has 0 radical (unpaired) electrons. The van der Waals surface area contributed by atoms with Gasteiger partial charge in [0.05, 0.1) is 10.6 Å². The molecule has 7 nitrogen and oxygen atoms in total. The molecule has 1 amide bonds. The number of benzene rings is 2. The summed E-state index contributed by atoms with van der Waals surface area (Å²) in [6, 6.07) is 11.5. The number of carbonyl (C=O) groups excluding carboxylic acids is 1. The Bertz CT molecular complexity index is 824. The first kappa shape index (κ1) is 19.0. The normalized spacial score (nSPS) is 11.1. The minimum absolute atomic E-state index is 0.0490. The number of hydrogen-bond acceptors (Lipinski definition) is 5. The molecule has 0 aliphatic rings. The van der Waals surface area contributed by atoms with Crippen molar-refractivity contribution in [2.75, 3.05) is 6.61 Å². The van der Waals surface area contributed by atoms with Gasteiger partial charge >= 0.3 is 0 Å². The molecule has 0 aromatic heterocycles. The monoisotopic (exact) mass is 359 g/mol. The number of nitrogens with zero attached hydrogens (tertiary/aromatic N) is 2. The van der Waals surface area contributed by atoms with Gasteiger partial charge < -0.3 is 4.74 Å². The standard InChI is InChI=1S/C18H18FN3O4/c1-2-5-17(13-6-3-8-15(10-13)22(24)25)20-21-18(23)12-26-16-9-4-7-14(19)11-16/h3-4,6-11H,2,5,12H2,1H3,(H,21,23)/b20-17-. The third-order valence-corrected chi connectivity index (χ3v) is 3.36. The average molecular weight is 359 g/mol. The fourth-order valence-electron chi connectivity index (χ4n) is 2.17. The number of halogens is 1. The Labute approximate surface area is 149 Å². The first-order valence-electron chi connectivity index (χ1n) is 7.98. The van der Waals surface area contributed by atoms with Crippen LogP contribution < -0.4 is 10.2 Å². The van der Waals surface area contributed by atoms with E-state index in [0.717, 1.165) is 6.42 Å². The Kier molecular flexibility index (Phi) is 6.78. The molecular weight excluding hydrogens is 341 g/mol. The van der Waals surface area contributed by atoms with Crippen LogP contribution in [0.3, 0.4) is 0 Å². The lowest BCUT2D eigenvalue weighted by atomic mass is 10.1. The summed E-state index contributed by atoms with van der Waals surface area (Å²) >= 11 is 0. The Morgan fingerprint density at radius 3 is 2.73 bits per heavy atom. The van der Waals surface area contributed by atoms with Crippen molar-refractivity contribution in [1.82, 2.24) is 5.43 Å². The van der Waals surface area contributed by atoms with Crippen molar-refractivity contribution in [3.63, 3.8) is 0 Å². The minimum Gasteiger partial charge on any atom is -0.484 e. The van der Waals surface area contributed by atoms with E-state index in [9.17, 15) is 19.3 Å². The minimum atomic E-state index is -0.520. The number of hydrazone groups is 1. The summed E-state index contributed by atoms with van der Waals surface area (Å²) < 4.78 is 18.2. The van der Waals surface area contributed by atoms with Gasteiger partial charge in [-0.1, -0.05) is 31.5 Å². The van der Waals surface area contributed by atoms with Crippen LogP contribution in [0.2, 0.25) is 0 Å². The summed E-state index contributed by atoms with van der Waals surface area (Å²) in [6.45, 7) is 1.60. The van der Waals surface area contributed by atoms with Crippen LogP contribution in [0.4, 0.5) is 10.1 Å². The summed E-state index contributed by atoms with van der Waals surface area (Å²) in [6.07, 6.45) is 1.28. The zero-order valence-electron chi connectivity index (χ0n) is 14.1. The largest absolute Gasteiger partial charge is 0.484 e. The van der Waals surface area contributed by atoms with Crippen LogP contribution in [0, 0.1) is 15.9 Å². The van der Waals surface area contributed by atoms with E-state index in [1.165, 1.54) is 36.4 Å². The van der Waals surface area contributed by atoms with E-state index in [0.29, 0.717) is 17.7 Å². The van der Waals surface area contributed by atoms with Gasteiger partial charge in [0.2, 0.25) is 0 Å². The molecule has 0 saturated carbocycles. The van der Waals surface area contributed by atoms with E-state index in [1.54, 1.807) is 12.1 Å². The molecule has 0 heterocycles. The van der Waals surface area contributed by atoms with Crippen molar-refractivity contribution in [2.45, 2.75) is 19.8 Å². The highest BCUT2D eigenvalue weighted by atomic mass is 19.1. The molecular formula is C18H18FN3O4. The lowest BCUT2D eigenvalue weighted by Crippen LogP contribution is -2.26. The summed E-state index contributed by atoms with van der Waals surface area (Å²) in [7, 11) is 0. The molecule has 0 unspecified atom stereocenters. The number of carbonyl (C=O) groups is 1. The van der Waals surface area contributed by atoms with E-state index in [1.807, 2.05) is 6.92 Å². The van der Waals surface area contributed by atoms with Gasteiger partial charge in [-0.3, -0.25) is 14.9 Å². The summed E-state index contributed by atoms with van der Waals surface area (Å²) in [5, 5.41) is 15.0. The number of hydrogen-bond donors (Lipinski definition) is 1. The lowest BCUT2D eigenvalue weighted by molar-refractivity contribution is -0.384. The molecule has 1 N–H and O–H groups in total. The van der Waals surface area contributed by atoms with E-state index in [-0.39, 0.29) is 18.0 Å². The SMILES string of the molecule is CCC/C(=N/NC(=O)COc1cccc(F)c1)c1cccc([N+](=O)[O-])c1. The summed E-state index contributed by atoms with van der Waals surface area (Å²) in [5.41, 5.74) is 3.40. The van der Waals surface area contributed by atoms with Crippen LogP contribution in [0.25, 0.3) is 0 Å². The lowest BCUT2D eigenvalue weighted by Gasteiger charge is -2.08. The Balaban J connectivity index is 2.03. The molecule has 2 aromatic carbocycles. The number of non-ortho nitro benzene ring substituents is 1. The van der Waals surface area contributed by atoms with Gasteiger partial charge in [0, 0.05) is 23.8 Å². The molecule has 0 aliphatic heterocycles. The van der Waals surface area contributed by atoms with Gasteiger partial charge in [0.25, 0.3) is 11.6 Å². The highest BCUT2D eigenvalue weighted by molar-refractivity contribution is 6.01. The van der Waals surface area contributed by atoms with Crippen molar-refractivity contribution >= 4 is 17.3 Å². The molecule has 2 aromatic rings. The van der Waals surface area contributed by atoms with Gasteiger partial charge in [-0.25, -0.2) is 9.82 Å². The molecule has 136 valence electrons. The number of nitrogens with one attached hydrogen (secondary N) is 1. The molecule has 0 saturated heterocycles. The zero-order valence-corrected chi connectivity index (χ0v) is 14.1. The molecule has 26 heavy (non-hydrogen) atoms. The quantitative estimate of drug-likeness (QED) is 0.444. The fourth-order valence-corrected chi connectivity index (χ4v) is 2.17. The van der Waals surface area contributed by atoms with Crippen LogP contribution in [0.5, 0.6) is 5.75 Å². The third kappa shape index (κ3) is 5.66. The van der Waals surface area contributed by atoms with Gasteiger partial charge in [-0.2, -0.15) is 5.10 Å². The Morgan fingerprint density at radius 1 is 1.27 bits per heavy atom. The second kappa shape index (κ2) is 9.26. The molecule has 0 fully saturated rings. The van der Waals surface area contributed by atoms with Gasteiger partial charge in [-0.15, -0.1) is 0 Å². The first-order valence-corrected chi connectivity index (χ1v) is 7.98. The molecule has 0 atom stereocenters. The highest BCUT2D eigenvalue weighted by Crippen LogP contribution is 2.16. The second-order valence-electron chi connectivity index (χ2n) is 5.40. The summed E-state index contributed by atoms with van der Waals surface area (Å²) in [5.74, 6) is -0.748. The fraction of sp³-hybridized carbons (Fsp3) is 0.222. The number of nitro benzene ring substituents is 1.